The van der Waals surface area contributed by atoms with Gasteiger partial charge in [-0.15, -0.1) is 0 Å². The smallest absolute Gasteiger partial charge is 0.328 e. The van der Waals surface area contributed by atoms with Gasteiger partial charge >= 0.3 is 6.03 Å². The van der Waals surface area contributed by atoms with Crippen LogP contribution in [0.25, 0.3) is 0 Å². The SMILES string of the molecule is CCc1cccc(CC)c1N(C)C(=O)NC(=N)N1CCCCC1. The average molecular weight is 316 g/mol. The van der Waals surface area contributed by atoms with Crippen molar-refractivity contribution in [2.45, 2.75) is 46.0 Å². The van der Waals surface area contributed by atoms with Gasteiger partial charge in [0.05, 0.1) is 5.69 Å². The fourth-order valence-corrected chi connectivity index (χ4v) is 3.13. The van der Waals surface area contributed by atoms with Crippen LogP contribution in [0.15, 0.2) is 18.2 Å². The highest BCUT2D eigenvalue weighted by Crippen LogP contribution is 2.26. The van der Waals surface area contributed by atoms with E-state index in [0.29, 0.717) is 0 Å². The Morgan fingerprint density at radius 2 is 1.74 bits per heavy atom. The van der Waals surface area contributed by atoms with Gasteiger partial charge in [-0.3, -0.25) is 15.6 Å². The summed E-state index contributed by atoms with van der Waals surface area (Å²) >= 11 is 0. The number of guanidine groups is 1. The summed E-state index contributed by atoms with van der Waals surface area (Å²) in [5.74, 6) is 0.216. The predicted molar refractivity (Wildman–Crippen MR) is 95.3 cm³/mol. The summed E-state index contributed by atoms with van der Waals surface area (Å²) in [6.45, 7) is 5.91. The van der Waals surface area contributed by atoms with Crippen LogP contribution >= 0.6 is 0 Å². The molecule has 1 heterocycles. The minimum Gasteiger partial charge on any atom is -0.343 e. The van der Waals surface area contributed by atoms with Crippen molar-refractivity contribution in [2.75, 3.05) is 25.0 Å². The van der Waals surface area contributed by atoms with Crippen LogP contribution < -0.4 is 10.2 Å². The second-order valence-corrected chi connectivity index (χ2v) is 6.02. The maximum atomic E-state index is 12.6. The van der Waals surface area contributed by atoms with E-state index in [0.717, 1.165) is 55.6 Å². The van der Waals surface area contributed by atoms with Crippen LogP contribution in [0.2, 0.25) is 0 Å². The third-order valence-electron chi connectivity index (χ3n) is 4.50. The van der Waals surface area contributed by atoms with Gasteiger partial charge in [0.25, 0.3) is 0 Å². The lowest BCUT2D eigenvalue weighted by atomic mass is 10.0. The Morgan fingerprint density at radius 1 is 1.17 bits per heavy atom. The van der Waals surface area contributed by atoms with E-state index in [-0.39, 0.29) is 12.0 Å². The summed E-state index contributed by atoms with van der Waals surface area (Å²) in [7, 11) is 1.78. The Hall–Kier alpha value is -2.04. The van der Waals surface area contributed by atoms with Gasteiger partial charge in [-0.05, 0) is 43.2 Å². The monoisotopic (exact) mass is 316 g/mol. The van der Waals surface area contributed by atoms with Crippen LogP contribution in [-0.2, 0) is 12.8 Å². The fraction of sp³-hybridized carbons (Fsp3) is 0.556. The topological polar surface area (TPSA) is 59.4 Å². The number of para-hydroxylation sites is 1. The highest BCUT2D eigenvalue weighted by Gasteiger charge is 2.20. The zero-order chi connectivity index (χ0) is 16.8. The molecule has 5 nitrogen and oxygen atoms in total. The molecule has 2 rings (SSSR count). The molecule has 0 aliphatic carbocycles. The molecule has 23 heavy (non-hydrogen) atoms. The molecule has 1 aromatic rings. The van der Waals surface area contributed by atoms with Gasteiger partial charge in [0.1, 0.15) is 0 Å². The van der Waals surface area contributed by atoms with E-state index in [9.17, 15) is 4.79 Å². The van der Waals surface area contributed by atoms with E-state index >= 15 is 0 Å². The molecule has 1 aliphatic heterocycles. The van der Waals surface area contributed by atoms with E-state index in [1.807, 2.05) is 11.0 Å². The number of nitrogens with zero attached hydrogens (tertiary/aromatic N) is 2. The van der Waals surface area contributed by atoms with Crippen LogP contribution in [0.3, 0.4) is 0 Å². The molecule has 1 fully saturated rings. The first-order valence-electron chi connectivity index (χ1n) is 8.57. The van der Waals surface area contributed by atoms with Gasteiger partial charge in [-0.1, -0.05) is 32.0 Å². The number of hydrogen-bond acceptors (Lipinski definition) is 2. The minimum atomic E-state index is -0.240. The lowest BCUT2D eigenvalue weighted by Crippen LogP contribution is -2.49. The van der Waals surface area contributed by atoms with Crippen LogP contribution in [-0.4, -0.2) is 37.0 Å². The van der Waals surface area contributed by atoms with Crippen LogP contribution in [0.5, 0.6) is 0 Å². The molecule has 0 atom stereocenters. The maximum absolute atomic E-state index is 12.6. The summed E-state index contributed by atoms with van der Waals surface area (Å²) in [5.41, 5.74) is 3.29. The zero-order valence-electron chi connectivity index (χ0n) is 14.5. The highest BCUT2D eigenvalue weighted by molar-refractivity contribution is 6.03. The molecule has 0 unspecified atom stereocenters. The molecule has 1 aromatic carbocycles. The summed E-state index contributed by atoms with van der Waals surface area (Å²) in [6, 6.07) is 5.93. The van der Waals surface area contributed by atoms with Crippen LogP contribution in [0, 0.1) is 5.41 Å². The second-order valence-electron chi connectivity index (χ2n) is 6.02. The Labute approximate surface area is 139 Å². The van der Waals surface area contributed by atoms with Crippen molar-refractivity contribution in [3.63, 3.8) is 0 Å². The van der Waals surface area contributed by atoms with Crippen molar-refractivity contribution in [1.29, 1.82) is 5.41 Å². The molecule has 0 bridgehead atoms. The van der Waals surface area contributed by atoms with Gasteiger partial charge in [-0.2, -0.15) is 0 Å². The van der Waals surface area contributed by atoms with Gasteiger partial charge in [0, 0.05) is 20.1 Å². The quantitative estimate of drug-likeness (QED) is 0.663. The van der Waals surface area contributed by atoms with Crippen molar-refractivity contribution in [3.8, 4) is 0 Å². The lowest BCUT2D eigenvalue weighted by molar-refractivity contribution is 0.249. The molecule has 2 N–H and O–H groups in total. The number of anilines is 1. The zero-order valence-corrected chi connectivity index (χ0v) is 14.5. The first-order chi connectivity index (χ1) is 11.1. The molecular weight excluding hydrogens is 288 g/mol. The number of aryl methyl sites for hydroxylation is 2. The molecule has 5 heteroatoms. The largest absolute Gasteiger partial charge is 0.343 e. The number of likely N-dealkylation sites (tertiary alicyclic amines) is 1. The fourth-order valence-electron chi connectivity index (χ4n) is 3.13. The van der Waals surface area contributed by atoms with Crippen molar-refractivity contribution in [3.05, 3.63) is 29.3 Å². The number of hydrogen-bond donors (Lipinski definition) is 2. The van der Waals surface area contributed by atoms with E-state index in [1.165, 1.54) is 6.42 Å². The highest BCUT2D eigenvalue weighted by atomic mass is 16.2. The molecule has 0 aromatic heterocycles. The first kappa shape index (κ1) is 17.3. The van der Waals surface area contributed by atoms with Crippen molar-refractivity contribution < 1.29 is 4.79 Å². The van der Waals surface area contributed by atoms with Crippen LogP contribution in [0.4, 0.5) is 10.5 Å². The van der Waals surface area contributed by atoms with Gasteiger partial charge in [0.2, 0.25) is 0 Å². The molecule has 0 radical (unpaired) electrons. The molecule has 126 valence electrons. The van der Waals surface area contributed by atoms with E-state index < -0.39 is 0 Å². The molecule has 0 spiro atoms. The van der Waals surface area contributed by atoms with E-state index in [1.54, 1.807) is 11.9 Å². The van der Waals surface area contributed by atoms with Gasteiger partial charge < -0.3 is 4.90 Å². The average Bonchev–Trinajstić information content (AvgIpc) is 2.60. The number of amides is 2. The molecule has 1 aliphatic rings. The molecule has 2 amide bonds. The number of carbonyl (C=O) groups is 1. The Morgan fingerprint density at radius 3 is 2.26 bits per heavy atom. The number of nitrogens with one attached hydrogen (secondary N) is 2. The Kier molecular flexibility index (Phi) is 6.02. The summed E-state index contributed by atoms with van der Waals surface area (Å²) in [4.78, 5) is 16.2. The molecular formula is C18H28N4O. The minimum absolute atomic E-state index is 0.216. The predicted octanol–water partition coefficient (Wildman–Crippen LogP) is 3.38. The van der Waals surface area contributed by atoms with E-state index in [2.05, 4.69) is 31.3 Å². The third kappa shape index (κ3) is 4.03. The standard InChI is InChI=1S/C18H28N4O/c1-4-14-10-9-11-15(5-2)16(14)21(3)18(23)20-17(19)22-12-7-6-8-13-22/h9-11H,4-8,12-13H2,1-3H3,(H2,19,20,23). The second kappa shape index (κ2) is 7.99. The van der Waals surface area contributed by atoms with Crippen molar-refractivity contribution in [2.24, 2.45) is 0 Å². The normalized spacial score (nSPS) is 14.5. The summed E-state index contributed by atoms with van der Waals surface area (Å²) < 4.78 is 0. The molecule has 0 saturated carbocycles. The number of benzene rings is 1. The summed E-state index contributed by atoms with van der Waals surface area (Å²) in [5, 5.41) is 10.9. The third-order valence-corrected chi connectivity index (χ3v) is 4.50. The lowest BCUT2D eigenvalue weighted by Gasteiger charge is -2.30. The summed E-state index contributed by atoms with van der Waals surface area (Å²) in [6.07, 6.45) is 5.15. The number of carbonyl (C=O) groups excluding carboxylic acids is 1. The number of rotatable bonds is 3. The number of piperidine rings is 1. The van der Waals surface area contributed by atoms with Crippen molar-refractivity contribution in [1.82, 2.24) is 10.2 Å². The first-order valence-corrected chi connectivity index (χ1v) is 8.57. The van der Waals surface area contributed by atoms with Crippen molar-refractivity contribution >= 4 is 17.7 Å². The number of urea groups is 1. The molecule has 1 saturated heterocycles. The Balaban J connectivity index is 2.11. The van der Waals surface area contributed by atoms with E-state index in [4.69, 9.17) is 5.41 Å². The Bertz CT molecular complexity index is 542. The van der Waals surface area contributed by atoms with Crippen LogP contribution in [0.1, 0.15) is 44.2 Å². The maximum Gasteiger partial charge on any atom is 0.328 e. The van der Waals surface area contributed by atoms with Gasteiger partial charge in [-0.25, -0.2) is 4.79 Å². The van der Waals surface area contributed by atoms with Gasteiger partial charge in [0.15, 0.2) is 5.96 Å².